The predicted molar refractivity (Wildman–Crippen MR) is 50.2 cm³/mol. The summed E-state index contributed by atoms with van der Waals surface area (Å²) in [7, 11) is 0. The van der Waals surface area contributed by atoms with Gasteiger partial charge in [-0.15, -0.1) is 0 Å². The number of aliphatic hydroxyl groups excluding tert-OH is 1. The minimum absolute atomic E-state index is 0.0742. The minimum Gasteiger partial charge on any atom is -0.396 e. The third-order valence-corrected chi connectivity index (χ3v) is 2.69. The summed E-state index contributed by atoms with van der Waals surface area (Å²) >= 11 is 0. The maximum absolute atomic E-state index is 8.84. The molecule has 1 fully saturated rings. The van der Waals surface area contributed by atoms with Gasteiger partial charge in [-0.05, 0) is 25.7 Å². The Morgan fingerprint density at radius 3 is 2.85 bits per heavy atom. The van der Waals surface area contributed by atoms with Crippen molar-refractivity contribution in [1.82, 2.24) is 0 Å². The van der Waals surface area contributed by atoms with Gasteiger partial charge in [0.1, 0.15) is 5.60 Å². The molecule has 0 saturated carbocycles. The van der Waals surface area contributed by atoms with Crippen molar-refractivity contribution in [2.45, 2.75) is 45.1 Å². The normalized spacial score (nSPS) is 30.7. The largest absolute Gasteiger partial charge is 0.396 e. The molecule has 0 bridgehead atoms. The van der Waals surface area contributed by atoms with Crippen molar-refractivity contribution in [1.29, 1.82) is 0 Å². The molecular weight excluding hydrogens is 168 g/mol. The fourth-order valence-electron chi connectivity index (χ4n) is 1.57. The van der Waals surface area contributed by atoms with E-state index in [2.05, 4.69) is 13.8 Å². The Bertz CT molecular complexity index is 141. The van der Waals surface area contributed by atoms with Gasteiger partial charge in [0.25, 0.3) is 0 Å². The molecule has 0 radical (unpaired) electrons. The van der Waals surface area contributed by atoms with E-state index in [1.165, 1.54) is 0 Å². The van der Waals surface area contributed by atoms with Crippen molar-refractivity contribution in [2.24, 2.45) is 5.92 Å². The fraction of sp³-hybridized carbons (Fsp3) is 1.00. The molecule has 3 heteroatoms. The summed E-state index contributed by atoms with van der Waals surface area (Å²) in [6, 6.07) is 0. The third-order valence-electron chi connectivity index (χ3n) is 2.69. The van der Waals surface area contributed by atoms with Crippen LogP contribution in [0.4, 0.5) is 0 Å². The Morgan fingerprint density at radius 1 is 1.54 bits per heavy atom. The summed E-state index contributed by atoms with van der Waals surface area (Å²) in [5.74, 6) is 0.408. The first-order chi connectivity index (χ1) is 6.16. The molecule has 0 amide bonds. The summed E-state index contributed by atoms with van der Waals surface area (Å²) in [4.78, 5) is 10.1. The van der Waals surface area contributed by atoms with E-state index in [9.17, 15) is 0 Å². The van der Waals surface area contributed by atoms with Crippen LogP contribution in [0.5, 0.6) is 0 Å². The number of hydrogen-bond donors (Lipinski definition) is 1. The highest BCUT2D eigenvalue weighted by Crippen LogP contribution is 2.28. The predicted octanol–water partition coefficient (Wildman–Crippen LogP) is 1.90. The average Bonchev–Trinajstić information content (AvgIpc) is 2.52. The fourth-order valence-corrected chi connectivity index (χ4v) is 1.57. The molecular formula is C10H20O3. The Morgan fingerprint density at radius 2 is 2.31 bits per heavy atom. The van der Waals surface area contributed by atoms with Gasteiger partial charge >= 0.3 is 0 Å². The van der Waals surface area contributed by atoms with E-state index in [1.807, 2.05) is 0 Å². The van der Waals surface area contributed by atoms with Gasteiger partial charge in [-0.3, -0.25) is 0 Å². The lowest BCUT2D eigenvalue weighted by atomic mass is 9.93. The SMILES string of the molecule is CC(CO)CCCC1(C)CCOO1. The molecule has 78 valence electrons. The van der Waals surface area contributed by atoms with Crippen LogP contribution in [-0.2, 0) is 9.78 Å². The average molecular weight is 188 g/mol. The van der Waals surface area contributed by atoms with E-state index in [0.29, 0.717) is 12.5 Å². The first kappa shape index (κ1) is 11.0. The van der Waals surface area contributed by atoms with Gasteiger partial charge in [0.2, 0.25) is 0 Å². The van der Waals surface area contributed by atoms with Crippen molar-refractivity contribution >= 4 is 0 Å². The van der Waals surface area contributed by atoms with Crippen molar-refractivity contribution in [3.05, 3.63) is 0 Å². The molecule has 1 saturated heterocycles. The second-order valence-corrected chi connectivity index (χ2v) is 4.29. The maximum atomic E-state index is 8.84. The molecule has 0 spiro atoms. The molecule has 0 aromatic heterocycles. The van der Waals surface area contributed by atoms with Crippen LogP contribution in [0.15, 0.2) is 0 Å². The van der Waals surface area contributed by atoms with Crippen molar-refractivity contribution < 1.29 is 14.9 Å². The van der Waals surface area contributed by atoms with Crippen LogP contribution in [0.1, 0.15) is 39.5 Å². The van der Waals surface area contributed by atoms with Crippen LogP contribution in [-0.4, -0.2) is 23.9 Å². The van der Waals surface area contributed by atoms with Gasteiger partial charge in [0.05, 0.1) is 6.61 Å². The van der Waals surface area contributed by atoms with Crippen LogP contribution in [0, 0.1) is 5.92 Å². The number of aliphatic hydroxyl groups is 1. The van der Waals surface area contributed by atoms with E-state index in [0.717, 1.165) is 25.7 Å². The van der Waals surface area contributed by atoms with E-state index in [1.54, 1.807) is 0 Å². The van der Waals surface area contributed by atoms with Crippen LogP contribution >= 0.6 is 0 Å². The number of hydrogen-bond acceptors (Lipinski definition) is 3. The summed E-state index contributed by atoms with van der Waals surface area (Å²) < 4.78 is 0. The second-order valence-electron chi connectivity index (χ2n) is 4.29. The zero-order valence-electron chi connectivity index (χ0n) is 8.58. The molecule has 0 aromatic rings. The van der Waals surface area contributed by atoms with Crippen LogP contribution < -0.4 is 0 Å². The van der Waals surface area contributed by atoms with Gasteiger partial charge in [0, 0.05) is 13.0 Å². The van der Waals surface area contributed by atoms with Crippen LogP contribution in [0.3, 0.4) is 0 Å². The monoisotopic (exact) mass is 188 g/mol. The molecule has 2 atom stereocenters. The van der Waals surface area contributed by atoms with E-state index in [-0.39, 0.29) is 12.2 Å². The zero-order valence-corrected chi connectivity index (χ0v) is 8.58. The van der Waals surface area contributed by atoms with Crippen molar-refractivity contribution in [2.75, 3.05) is 13.2 Å². The van der Waals surface area contributed by atoms with Crippen molar-refractivity contribution in [3.8, 4) is 0 Å². The highest BCUT2D eigenvalue weighted by molar-refractivity contribution is 4.76. The molecule has 1 N–H and O–H groups in total. The Labute approximate surface area is 80.0 Å². The van der Waals surface area contributed by atoms with E-state index >= 15 is 0 Å². The lowest BCUT2D eigenvalue weighted by Crippen LogP contribution is -2.22. The molecule has 3 nitrogen and oxygen atoms in total. The summed E-state index contributed by atoms with van der Waals surface area (Å²) in [5.41, 5.74) is -0.0742. The summed E-state index contributed by atoms with van der Waals surface area (Å²) in [5, 5.41) is 8.84. The van der Waals surface area contributed by atoms with E-state index < -0.39 is 0 Å². The lowest BCUT2D eigenvalue weighted by molar-refractivity contribution is -0.305. The topological polar surface area (TPSA) is 38.7 Å². The molecule has 0 aromatic carbocycles. The molecule has 1 aliphatic heterocycles. The quantitative estimate of drug-likeness (QED) is 0.670. The Kier molecular flexibility index (Phi) is 4.16. The molecule has 2 unspecified atom stereocenters. The zero-order chi connectivity index (χ0) is 9.73. The first-order valence-corrected chi connectivity index (χ1v) is 5.08. The van der Waals surface area contributed by atoms with Crippen LogP contribution in [0.2, 0.25) is 0 Å². The maximum Gasteiger partial charge on any atom is 0.103 e. The third kappa shape index (κ3) is 3.63. The molecule has 1 heterocycles. The van der Waals surface area contributed by atoms with Gasteiger partial charge < -0.3 is 5.11 Å². The van der Waals surface area contributed by atoms with E-state index in [4.69, 9.17) is 14.9 Å². The molecule has 1 rings (SSSR count). The molecule has 13 heavy (non-hydrogen) atoms. The highest BCUT2D eigenvalue weighted by atomic mass is 17.2. The first-order valence-electron chi connectivity index (χ1n) is 5.08. The molecule has 1 aliphatic rings. The standard InChI is InChI=1S/C10H20O3/c1-9(8-11)4-3-5-10(2)6-7-12-13-10/h9,11H,3-8H2,1-2H3. The Balaban J connectivity index is 2.11. The second kappa shape index (κ2) is 4.94. The van der Waals surface area contributed by atoms with Gasteiger partial charge in [-0.1, -0.05) is 13.3 Å². The summed E-state index contributed by atoms with van der Waals surface area (Å²) in [6.45, 7) is 5.15. The number of rotatable bonds is 5. The van der Waals surface area contributed by atoms with Crippen molar-refractivity contribution in [3.63, 3.8) is 0 Å². The summed E-state index contributed by atoms with van der Waals surface area (Å²) in [6.07, 6.45) is 4.18. The van der Waals surface area contributed by atoms with Crippen LogP contribution in [0.25, 0.3) is 0 Å². The lowest BCUT2D eigenvalue weighted by Gasteiger charge is -2.20. The van der Waals surface area contributed by atoms with Gasteiger partial charge in [-0.25, -0.2) is 9.78 Å². The smallest absolute Gasteiger partial charge is 0.103 e. The Hall–Kier alpha value is -0.120. The molecule has 0 aliphatic carbocycles. The highest BCUT2D eigenvalue weighted by Gasteiger charge is 2.31. The van der Waals surface area contributed by atoms with Gasteiger partial charge in [0.15, 0.2) is 0 Å². The van der Waals surface area contributed by atoms with Gasteiger partial charge in [-0.2, -0.15) is 0 Å². The minimum atomic E-state index is -0.0742.